The third-order valence-electron chi connectivity index (χ3n) is 4.89. The Balaban J connectivity index is 1.90. The van der Waals surface area contributed by atoms with E-state index < -0.39 is 11.7 Å². The molecule has 1 aromatic heterocycles. The van der Waals surface area contributed by atoms with Crippen molar-refractivity contribution >= 4 is 22.9 Å². The lowest BCUT2D eigenvalue weighted by atomic mass is 10.1. The number of ether oxygens (including phenoxy) is 1. The van der Waals surface area contributed by atoms with Gasteiger partial charge in [-0.1, -0.05) is 29.8 Å². The third-order valence-corrected chi connectivity index (χ3v) is 5.21. The molecular weight excluding hydrogens is 439 g/mol. The van der Waals surface area contributed by atoms with Crippen LogP contribution in [0.15, 0.2) is 73.0 Å². The van der Waals surface area contributed by atoms with Crippen LogP contribution in [-0.4, -0.2) is 16.5 Å². The van der Waals surface area contributed by atoms with Crippen LogP contribution in [0.5, 0.6) is 5.75 Å². The molecule has 0 fully saturated rings. The lowest BCUT2D eigenvalue weighted by Crippen LogP contribution is -2.30. The van der Waals surface area contributed by atoms with E-state index in [-0.39, 0.29) is 23.1 Å². The minimum absolute atomic E-state index is 0.153. The second-order valence-electron chi connectivity index (χ2n) is 7.12. The molecule has 0 bridgehead atoms. The number of halogens is 4. The summed E-state index contributed by atoms with van der Waals surface area (Å²) in [6, 6.07) is 10.1. The van der Waals surface area contributed by atoms with Crippen molar-refractivity contribution in [3.63, 3.8) is 0 Å². The first-order valence-electron chi connectivity index (χ1n) is 9.59. The lowest BCUT2D eigenvalue weighted by Gasteiger charge is -2.31. The van der Waals surface area contributed by atoms with E-state index >= 15 is 0 Å². The number of benzene rings is 2. The van der Waals surface area contributed by atoms with Crippen LogP contribution in [0.3, 0.4) is 0 Å². The van der Waals surface area contributed by atoms with E-state index in [2.05, 4.69) is 9.97 Å². The van der Waals surface area contributed by atoms with Gasteiger partial charge in [0, 0.05) is 12.7 Å². The molecule has 2 heterocycles. The molecule has 0 saturated carbocycles. The van der Waals surface area contributed by atoms with Gasteiger partial charge < -0.3 is 9.64 Å². The van der Waals surface area contributed by atoms with E-state index in [1.54, 1.807) is 47.5 Å². The molecule has 8 heteroatoms. The maximum Gasteiger partial charge on any atom is 0.416 e. The van der Waals surface area contributed by atoms with Gasteiger partial charge in [0.2, 0.25) is 5.88 Å². The predicted octanol–water partition coefficient (Wildman–Crippen LogP) is 6.34. The second-order valence-corrected chi connectivity index (χ2v) is 7.52. The van der Waals surface area contributed by atoms with Crippen molar-refractivity contribution in [1.29, 1.82) is 0 Å². The molecule has 1 aliphatic rings. The molecule has 0 unspecified atom stereocenters. The lowest BCUT2D eigenvalue weighted by molar-refractivity contribution is -0.137. The zero-order valence-electron chi connectivity index (χ0n) is 16.9. The highest BCUT2D eigenvalue weighted by Gasteiger charge is 2.33. The summed E-state index contributed by atoms with van der Waals surface area (Å²) in [5.74, 6) is 0.746. The van der Waals surface area contributed by atoms with E-state index in [1.165, 1.54) is 12.4 Å². The number of nitrogens with zero attached hydrogens (tertiary/aromatic N) is 3. The molecule has 0 N–H and O–H groups in total. The molecule has 162 valence electrons. The number of hydrogen-bond donors (Lipinski definition) is 0. The number of aromatic nitrogens is 2. The summed E-state index contributed by atoms with van der Waals surface area (Å²) in [6.07, 6.45) is 2.04. The highest BCUT2D eigenvalue weighted by Crippen LogP contribution is 2.39. The van der Waals surface area contributed by atoms with Gasteiger partial charge in [-0.15, -0.1) is 0 Å². The topological polar surface area (TPSA) is 38.3 Å². The van der Waals surface area contributed by atoms with E-state index in [0.717, 1.165) is 17.7 Å². The highest BCUT2D eigenvalue weighted by molar-refractivity contribution is 6.33. The zero-order chi connectivity index (χ0) is 22.9. The molecule has 3 aromatic rings. The minimum atomic E-state index is -4.52. The number of alkyl halides is 3. The van der Waals surface area contributed by atoms with Gasteiger partial charge in [-0.3, -0.25) is 0 Å². The van der Waals surface area contributed by atoms with Gasteiger partial charge in [0.25, 0.3) is 0 Å². The summed E-state index contributed by atoms with van der Waals surface area (Å²) in [7, 11) is 0. The quantitative estimate of drug-likeness (QED) is 0.460. The van der Waals surface area contributed by atoms with Crippen molar-refractivity contribution in [3.05, 3.63) is 107 Å². The minimum Gasteiger partial charge on any atom is -0.440 e. The maximum atomic E-state index is 13.4. The monoisotopic (exact) mass is 455 g/mol. The Morgan fingerprint density at radius 1 is 1.12 bits per heavy atom. The molecular formula is C24H17ClF3N3O. The highest BCUT2D eigenvalue weighted by atomic mass is 35.5. The molecule has 0 saturated heterocycles. The Hall–Kier alpha value is -3.32. The summed E-state index contributed by atoms with van der Waals surface area (Å²) in [5.41, 5.74) is 1.75. The van der Waals surface area contributed by atoms with Crippen LogP contribution in [0.1, 0.15) is 22.4 Å². The van der Waals surface area contributed by atoms with Gasteiger partial charge >= 0.3 is 6.18 Å². The van der Waals surface area contributed by atoms with Crippen molar-refractivity contribution in [3.8, 4) is 5.75 Å². The fourth-order valence-corrected chi connectivity index (χ4v) is 3.48. The molecule has 0 atom stereocenters. The fourth-order valence-electron chi connectivity index (χ4n) is 3.26. The molecule has 4 rings (SSSR count). The van der Waals surface area contributed by atoms with Gasteiger partial charge in [0.05, 0.1) is 27.5 Å². The number of rotatable bonds is 4. The van der Waals surface area contributed by atoms with Crippen LogP contribution >= 0.6 is 11.6 Å². The van der Waals surface area contributed by atoms with Crippen molar-refractivity contribution < 1.29 is 17.9 Å². The van der Waals surface area contributed by atoms with Crippen molar-refractivity contribution in [2.75, 3.05) is 11.4 Å². The Labute approximate surface area is 188 Å². The van der Waals surface area contributed by atoms with E-state index in [0.29, 0.717) is 22.6 Å². The standard InChI is InChI=1S/C24H17ClF3N3O/c1-15-5-6-16(2)22(12-15)32-23-18(20-9-10-29-14-30-20)4-3-11-31(23)21-13-17(24(26,27)28)7-8-19(21)25/h1,3-10,12-14H,11H2,2H3. The van der Waals surface area contributed by atoms with Gasteiger partial charge in [-0.05, 0) is 61.4 Å². The molecule has 0 amide bonds. The van der Waals surface area contributed by atoms with Crippen molar-refractivity contribution in [2.45, 2.75) is 13.1 Å². The normalized spacial score (nSPS) is 14.1. The van der Waals surface area contributed by atoms with Crippen LogP contribution in [0, 0.1) is 13.8 Å². The van der Waals surface area contributed by atoms with Crippen LogP contribution in [0.2, 0.25) is 5.02 Å². The maximum absolute atomic E-state index is 13.4. The first kappa shape index (κ1) is 21.9. The van der Waals surface area contributed by atoms with E-state index in [4.69, 9.17) is 23.3 Å². The van der Waals surface area contributed by atoms with Gasteiger partial charge in [0.1, 0.15) is 12.1 Å². The average Bonchev–Trinajstić information content (AvgIpc) is 2.77. The summed E-state index contributed by atoms with van der Waals surface area (Å²) in [4.78, 5) is 9.79. The number of allylic oxidation sites excluding steroid dienone is 2. The van der Waals surface area contributed by atoms with Crippen LogP contribution < -0.4 is 9.64 Å². The van der Waals surface area contributed by atoms with Crippen LogP contribution in [0.4, 0.5) is 18.9 Å². The first-order valence-corrected chi connectivity index (χ1v) is 9.97. The molecule has 0 spiro atoms. The molecule has 4 nitrogen and oxygen atoms in total. The Kier molecular flexibility index (Phi) is 5.93. The molecule has 0 aliphatic carbocycles. The van der Waals surface area contributed by atoms with Crippen LogP contribution in [0.25, 0.3) is 5.57 Å². The molecule has 2 radical (unpaired) electrons. The average molecular weight is 456 g/mol. The first-order chi connectivity index (χ1) is 15.2. The van der Waals surface area contributed by atoms with Gasteiger partial charge in [-0.2, -0.15) is 13.2 Å². The van der Waals surface area contributed by atoms with Crippen LogP contribution in [-0.2, 0) is 6.18 Å². The van der Waals surface area contributed by atoms with E-state index in [1.807, 2.05) is 6.92 Å². The number of anilines is 1. The summed E-state index contributed by atoms with van der Waals surface area (Å²) in [5, 5.41) is 0.153. The Morgan fingerprint density at radius 2 is 1.94 bits per heavy atom. The summed E-state index contributed by atoms with van der Waals surface area (Å²) in [6.45, 7) is 8.02. The number of hydrogen-bond acceptors (Lipinski definition) is 4. The van der Waals surface area contributed by atoms with Crippen molar-refractivity contribution in [2.24, 2.45) is 0 Å². The zero-order valence-corrected chi connectivity index (χ0v) is 17.7. The largest absolute Gasteiger partial charge is 0.440 e. The molecule has 2 aromatic carbocycles. The third kappa shape index (κ3) is 4.48. The fraction of sp³-hybridized carbons (Fsp3) is 0.125. The summed E-state index contributed by atoms with van der Waals surface area (Å²) >= 11 is 6.34. The Morgan fingerprint density at radius 3 is 2.66 bits per heavy atom. The molecule has 1 aliphatic heterocycles. The van der Waals surface area contributed by atoms with E-state index in [9.17, 15) is 13.2 Å². The smallest absolute Gasteiger partial charge is 0.416 e. The van der Waals surface area contributed by atoms with Gasteiger partial charge in [0.15, 0.2) is 0 Å². The Bertz CT molecular complexity index is 1210. The van der Waals surface area contributed by atoms with Crippen molar-refractivity contribution in [1.82, 2.24) is 9.97 Å². The van der Waals surface area contributed by atoms with Gasteiger partial charge in [-0.25, -0.2) is 9.97 Å². The number of aryl methyl sites for hydroxylation is 1. The SMILES string of the molecule is [CH]c1ccc(C)c(OC2=C(c3ccncn3)C=CCN2c2cc(C(F)(F)F)ccc2Cl)c1. The second kappa shape index (κ2) is 8.67. The summed E-state index contributed by atoms with van der Waals surface area (Å²) < 4.78 is 46.5. The predicted molar refractivity (Wildman–Crippen MR) is 117 cm³/mol. The molecule has 32 heavy (non-hydrogen) atoms.